The first-order chi connectivity index (χ1) is 11.9. The molecule has 0 radical (unpaired) electrons. The first-order valence-corrected chi connectivity index (χ1v) is 9.73. The van der Waals surface area contributed by atoms with E-state index in [-0.39, 0.29) is 48.3 Å². The molecule has 1 aromatic heterocycles. The number of primary amides is 1. The van der Waals surface area contributed by atoms with Gasteiger partial charge in [-0.2, -0.15) is 4.31 Å². The largest absolute Gasteiger partial charge is 0.438 e. The highest BCUT2D eigenvalue weighted by Gasteiger charge is 2.33. The number of rotatable bonds is 5. The number of nitrogens with one attached hydrogen (secondary N) is 1. The quantitative estimate of drug-likeness (QED) is 0.695. The van der Waals surface area contributed by atoms with Crippen molar-refractivity contribution in [2.45, 2.75) is 30.4 Å². The summed E-state index contributed by atoms with van der Waals surface area (Å²) in [4.78, 5) is 25.1. The highest BCUT2D eigenvalue weighted by Crippen LogP contribution is 2.21. The fourth-order valence-corrected chi connectivity index (χ4v) is 4.50. The summed E-state index contributed by atoms with van der Waals surface area (Å²) in [5, 5.41) is 2.98. The lowest BCUT2D eigenvalue weighted by Crippen LogP contribution is -2.51. The summed E-state index contributed by atoms with van der Waals surface area (Å²) in [5.41, 5.74) is 5.08. The molecule has 2 saturated heterocycles. The summed E-state index contributed by atoms with van der Waals surface area (Å²) >= 11 is 0. The minimum Gasteiger partial charge on any atom is -0.438 e. The number of halogens is 1. The summed E-state index contributed by atoms with van der Waals surface area (Å²) in [5.74, 6) is -0.973. The Morgan fingerprint density at radius 2 is 1.92 bits per heavy atom. The van der Waals surface area contributed by atoms with Gasteiger partial charge in [-0.15, -0.1) is 12.4 Å². The molecule has 0 aromatic carbocycles. The number of nitrogens with two attached hydrogens (primary N) is 1. The molecule has 2 fully saturated rings. The van der Waals surface area contributed by atoms with Crippen molar-refractivity contribution in [2.24, 2.45) is 5.73 Å². The van der Waals surface area contributed by atoms with Crippen molar-refractivity contribution in [1.82, 2.24) is 14.5 Å². The Labute approximate surface area is 158 Å². The molecule has 0 saturated carbocycles. The second kappa shape index (κ2) is 8.38. The van der Waals surface area contributed by atoms with E-state index in [0.717, 1.165) is 19.4 Å². The molecular formula is C15H23ClN4O5S. The Balaban J connectivity index is 0.00000243. The van der Waals surface area contributed by atoms with Gasteiger partial charge in [0.15, 0.2) is 5.76 Å². The van der Waals surface area contributed by atoms with Crippen molar-refractivity contribution in [3.63, 3.8) is 0 Å². The van der Waals surface area contributed by atoms with Crippen LogP contribution in [0, 0.1) is 0 Å². The maximum atomic E-state index is 12.5. The van der Waals surface area contributed by atoms with E-state index in [4.69, 9.17) is 10.2 Å². The zero-order valence-electron chi connectivity index (χ0n) is 14.2. The first-order valence-electron chi connectivity index (χ1n) is 8.29. The highest BCUT2D eigenvalue weighted by atomic mass is 35.5. The van der Waals surface area contributed by atoms with Crippen molar-refractivity contribution in [2.75, 3.05) is 32.7 Å². The Kier molecular flexibility index (Phi) is 6.67. The van der Waals surface area contributed by atoms with E-state index in [0.29, 0.717) is 19.5 Å². The number of furan rings is 1. The third-order valence-corrected chi connectivity index (χ3v) is 6.37. The molecule has 1 atom stereocenters. The van der Waals surface area contributed by atoms with E-state index in [1.807, 2.05) is 0 Å². The number of carbonyl (C=O) groups is 2. The van der Waals surface area contributed by atoms with E-state index in [9.17, 15) is 18.0 Å². The van der Waals surface area contributed by atoms with Crippen molar-refractivity contribution >= 4 is 34.2 Å². The molecule has 0 aliphatic carbocycles. The van der Waals surface area contributed by atoms with Gasteiger partial charge in [0.05, 0.1) is 0 Å². The van der Waals surface area contributed by atoms with Crippen LogP contribution in [0.15, 0.2) is 21.6 Å². The Morgan fingerprint density at radius 3 is 2.46 bits per heavy atom. The zero-order valence-corrected chi connectivity index (χ0v) is 15.9. The molecular weight excluding hydrogens is 384 g/mol. The Hall–Kier alpha value is -1.62. The molecule has 2 aliphatic rings. The molecule has 11 heteroatoms. The third kappa shape index (κ3) is 4.37. The standard InChI is InChI=1S/C15H22N4O5S.ClH/c16-15(21)12-3-4-14(24-12)25(22,23)19-8-6-18(7-9-19)13(20)10-11-2-1-5-17-11;/h3-4,11,17H,1-2,5-10H2,(H2,16,21);1H. The lowest BCUT2D eigenvalue weighted by Gasteiger charge is -2.34. The van der Waals surface area contributed by atoms with Gasteiger partial charge in [-0.3, -0.25) is 9.59 Å². The molecule has 0 spiro atoms. The first kappa shape index (κ1) is 20.7. The summed E-state index contributed by atoms with van der Waals surface area (Å²) in [6.07, 6.45) is 2.54. The smallest absolute Gasteiger partial charge is 0.284 e. The van der Waals surface area contributed by atoms with Crippen LogP contribution in [-0.2, 0) is 14.8 Å². The molecule has 0 bridgehead atoms. The summed E-state index contributed by atoms with van der Waals surface area (Å²) in [7, 11) is -3.84. The molecule has 9 nitrogen and oxygen atoms in total. The van der Waals surface area contributed by atoms with Crippen LogP contribution in [0.1, 0.15) is 29.8 Å². The van der Waals surface area contributed by atoms with Crippen LogP contribution in [0.3, 0.4) is 0 Å². The van der Waals surface area contributed by atoms with Gasteiger partial charge < -0.3 is 20.4 Å². The van der Waals surface area contributed by atoms with Gasteiger partial charge in [0.2, 0.25) is 11.0 Å². The van der Waals surface area contributed by atoms with Crippen molar-refractivity contribution in [3.05, 3.63) is 17.9 Å². The monoisotopic (exact) mass is 406 g/mol. The van der Waals surface area contributed by atoms with Gasteiger partial charge in [0, 0.05) is 38.6 Å². The predicted molar refractivity (Wildman–Crippen MR) is 95.5 cm³/mol. The molecule has 2 aliphatic heterocycles. The lowest BCUT2D eigenvalue weighted by molar-refractivity contribution is -0.132. The van der Waals surface area contributed by atoms with Gasteiger partial charge in [-0.1, -0.05) is 0 Å². The van der Waals surface area contributed by atoms with E-state index >= 15 is 0 Å². The average molecular weight is 407 g/mol. The topological polar surface area (TPSA) is 126 Å². The lowest BCUT2D eigenvalue weighted by atomic mass is 10.1. The number of carbonyl (C=O) groups excluding carboxylic acids is 2. The second-order valence-corrected chi connectivity index (χ2v) is 8.13. The van der Waals surface area contributed by atoms with E-state index < -0.39 is 15.9 Å². The van der Waals surface area contributed by atoms with Gasteiger partial charge in [0.1, 0.15) is 0 Å². The van der Waals surface area contributed by atoms with Crippen LogP contribution in [-0.4, -0.2) is 68.2 Å². The number of hydrogen-bond acceptors (Lipinski definition) is 6. The van der Waals surface area contributed by atoms with Crippen molar-refractivity contribution < 1.29 is 22.4 Å². The van der Waals surface area contributed by atoms with E-state index in [1.54, 1.807) is 4.90 Å². The van der Waals surface area contributed by atoms with Crippen molar-refractivity contribution in [3.8, 4) is 0 Å². The summed E-state index contributed by atoms with van der Waals surface area (Å²) < 4.78 is 31.4. The van der Waals surface area contributed by atoms with Gasteiger partial charge in [-0.25, -0.2) is 8.42 Å². The van der Waals surface area contributed by atoms with Gasteiger partial charge >= 0.3 is 0 Å². The van der Waals surface area contributed by atoms with Crippen molar-refractivity contribution in [1.29, 1.82) is 0 Å². The SMILES string of the molecule is Cl.NC(=O)c1ccc(S(=O)(=O)N2CCN(C(=O)CC3CCCN3)CC2)o1. The predicted octanol–water partition coefficient (Wildman–Crippen LogP) is -0.225. The molecule has 1 unspecified atom stereocenters. The molecule has 3 rings (SSSR count). The number of hydrogen-bond donors (Lipinski definition) is 2. The highest BCUT2D eigenvalue weighted by molar-refractivity contribution is 7.89. The second-order valence-electron chi connectivity index (χ2n) is 6.27. The van der Waals surface area contributed by atoms with Crippen LogP contribution >= 0.6 is 12.4 Å². The molecule has 1 aromatic rings. The normalized spacial score (nSPS) is 21.4. The summed E-state index contributed by atoms with van der Waals surface area (Å²) in [6, 6.07) is 2.69. The zero-order chi connectivity index (χ0) is 18.0. The molecule has 3 heterocycles. The van der Waals surface area contributed by atoms with Crippen LogP contribution in [0.4, 0.5) is 0 Å². The molecule has 3 N–H and O–H groups in total. The Bertz CT molecular complexity index is 752. The fourth-order valence-electron chi connectivity index (χ4n) is 3.17. The van der Waals surface area contributed by atoms with Crippen LogP contribution in [0.5, 0.6) is 0 Å². The Morgan fingerprint density at radius 1 is 1.23 bits per heavy atom. The minimum absolute atomic E-state index is 0. The molecule has 146 valence electrons. The number of piperazine rings is 1. The summed E-state index contributed by atoms with van der Waals surface area (Å²) in [6.45, 7) is 2.01. The van der Waals surface area contributed by atoms with E-state index in [2.05, 4.69) is 5.32 Å². The number of nitrogens with zero attached hydrogens (tertiary/aromatic N) is 2. The number of sulfonamides is 1. The van der Waals surface area contributed by atoms with E-state index in [1.165, 1.54) is 16.4 Å². The fraction of sp³-hybridized carbons (Fsp3) is 0.600. The average Bonchev–Trinajstić information content (AvgIpc) is 3.26. The maximum absolute atomic E-state index is 12.5. The van der Waals surface area contributed by atoms with Crippen LogP contribution < -0.4 is 11.1 Å². The maximum Gasteiger partial charge on any atom is 0.284 e. The third-order valence-electron chi connectivity index (χ3n) is 4.59. The van der Waals surface area contributed by atoms with Gasteiger partial charge in [-0.05, 0) is 31.5 Å². The minimum atomic E-state index is -3.84. The van der Waals surface area contributed by atoms with Crippen LogP contribution in [0.2, 0.25) is 0 Å². The molecule has 2 amide bonds. The number of amides is 2. The van der Waals surface area contributed by atoms with Crippen LogP contribution in [0.25, 0.3) is 0 Å². The van der Waals surface area contributed by atoms with Gasteiger partial charge in [0.25, 0.3) is 15.9 Å². The molecule has 26 heavy (non-hydrogen) atoms.